The maximum absolute atomic E-state index is 12.9. The Balaban J connectivity index is 1.71. The van der Waals surface area contributed by atoms with Gasteiger partial charge in [-0.25, -0.2) is 0 Å². The van der Waals surface area contributed by atoms with E-state index in [0.29, 0.717) is 49.7 Å². The van der Waals surface area contributed by atoms with Crippen molar-refractivity contribution >= 4 is 23.3 Å². The molecule has 0 bridgehead atoms. The fourth-order valence-corrected chi connectivity index (χ4v) is 4.08. The number of nitro benzene ring substituents is 1. The van der Waals surface area contributed by atoms with Gasteiger partial charge in [-0.05, 0) is 50.7 Å². The van der Waals surface area contributed by atoms with Gasteiger partial charge in [-0.3, -0.25) is 19.7 Å². The number of amides is 1. The number of carbonyl (C=O) groups is 2. The minimum Gasteiger partial charge on any atom is -0.466 e. The Hall–Kier alpha value is -2.64. The van der Waals surface area contributed by atoms with Gasteiger partial charge in [0, 0.05) is 37.8 Å². The lowest BCUT2D eigenvalue weighted by atomic mass is 9.96. The van der Waals surface area contributed by atoms with Gasteiger partial charge < -0.3 is 14.5 Å². The number of esters is 1. The molecule has 0 spiro atoms. The topological polar surface area (TPSA) is 93.0 Å². The van der Waals surface area contributed by atoms with E-state index < -0.39 is 4.92 Å². The van der Waals surface area contributed by atoms with Crippen molar-refractivity contribution in [1.82, 2.24) is 4.90 Å². The first-order valence-corrected chi connectivity index (χ1v) is 10.4. The second-order valence-corrected chi connectivity index (χ2v) is 7.95. The van der Waals surface area contributed by atoms with Gasteiger partial charge in [0.05, 0.1) is 17.4 Å². The summed E-state index contributed by atoms with van der Waals surface area (Å²) in [5, 5.41) is 11.7. The largest absolute Gasteiger partial charge is 0.466 e. The number of benzene rings is 1. The van der Waals surface area contributed by atoms with Crippen LogP contribution in [-0.2, 0) is 9.53 Å². The molecule has 3 rings (SSSR count). The van der Waals surface area contributed by atoms with Gasteiger partial charge in [0.25, 0.3) is 11.6 Å². The first-order valence-electron chi connectivity index (χ1n) is 10.4. The third kappa shape index (κ3) is 4.86. The number of nitro groups is 1. The van der Waals surface area contributed by atoms with Crippen LogP contribution in [0.4, 0.5) is 11.4 Å². The molecule has 8 nitrogen and oxygen atoms in total. The van der Waals surface area contributed by atoms with Crippen molar-refractivity contribution in [2.75, 3.05) is 37.7 Å². The fourth-order valence-electron chi connectivity index (χ4n) is 4.08. The van der Waals surface area contributed by atoms with Gasteiger partial charge in [0.15, 0.2) is 0 Å². The summed E-state index contributed by atoms with van der Waals surface area (Å²) in [7, 11) is 0. The molecule has 2 aliphatic rings. The molecule has 1 aromatic rings. The van der Waals surface area contributed by atoms with E-state index in [-0.39, 0.29) is 23.5 Å². The first-order chi connectivity index (χ1) is 13.9. The second-order valence-electron chi connectivity index (χ2n) is 7.95. The molecule has 0 unspecified atom stereocenters. The van der Waals surface area contributed by atoms with Gasteiger partial charge in [-0.1, -0.05) is 6.92 Å². The molecule has 0 N–H and O–H groups in total. The van der Waals surface area contributed by atoms with E-state index in [9.17, 15) is 19.7 Å². The number of likely N-dealkylation sites (tertiary alicyclic amines) is 1. The van der Waals surface area contributed by atoms with Crippen molar-refractivity contribution in [3.8, 4) is 0 Å². The van der Waals surface area contributed by atoms with Crippen LogP contribution in [-0.4, -0.2) is 54.5 Å². The Kier molecular flexibility index (Phi) is 6.71. The van der Waals surface area contributed by atoms with Crippen molar-refractivity contribution in [3.63, 3.8) is 0 Å². The number of ether oxygens (including phenoxy) is 1. The summed E-state index contributed by atoms with van der Waals surface area (Å²) in [6.45, 7) is 6.79. The number of hydrogen-bond donors (Lipinski definition) is 0. The summed E-state index contributed by atoms with van der Waals surface area (Å²) in [4.78, 5) is 39.7. The predicted molar refractivity (Wildman–Crippen MR) is 109 cm³/mol. The number of hydrogen-bond acceptors (Lipinski definition) is 6. The molecule has 0 radical (unpaired) electrons. The zero-order chi connectivity index (χ0) is 21.0. The number of rotatable bonds is 5. The van der Waals surface area contributed by atoms with Gasteiger partial charge >= 0.3 is 5.97 Å². The van der Waals surface area contributed by atoms with E-state index in [1.165, 1.54) is 6.07 Å². The SMILES string of the molecule is CCOC(=O)C1CCN(C(=O)c2ccc(N3CCC(C)CC3)c([N+](=O)[O-])c2)CC1. The van der Waals surface area contributed by atoms with Crippen LogP contribution in [0.15, 0.2) is 18.2 Å². The number of anilines is 1. The molecule has 2 heterocycles. The maximum Gasteiger partial charge on any atom is 0.309 e. The molecular weight excluding hydrogens is 374 g/mol. The van der Waals surface area contributed by atoms with Gasteiger partial charge in [-0.2, -0.15) is 0 Å². The van der Waals surface area contributed by atoms with Crippen molar-refractivity contribution in [3.05, 3.63) is 33.9 Å². The van der Waals surface area contributed by atoms with Crippen LogP contribution in [0, 0.1) is 22.0 Å². The smallest absolute Gasteiger partial charge is 0.309 e. The summed E-state index contributed by atoms with van der Waals surface area (Å²) in [5.74, 6) is 0.00515. The molecule has 1 amide bonds. The van der Waals surface area contributed by atoms with Crippen LogP contribution in [0.25, 0.3) is 0 Å². The number of nitrogens with zero attached hydrogens (tertiary/aromatic N) is 3. The van der Waals surface area contributed by atoms with E-state index in [4.69, 9.17) is 4.74 Å². The molecule has 0 saturated carbocycles. The number of piperidine rings is 2. The first kappa shape index (κ1) is 21.1. The Morgan fingerprint density at radius 2 is 1.79 bits per heavy atom. The van der Waals surface area contributed by atoms with E-state index >= 15 is 0 Å². The Morgan fingerprint density at radius 3 is 2.38 bits per heavy atom. The summed E-state index contributed by atoms with van der Waals surface area (Å²) < 4.78 is 5.06. The monoisotopic (exact) mass is 403 g/mol. The number of carbonyl (C=O) groups excluding carboxylic acids is 2. The Morgan fingerprint density at radius 1 is 1.14 bits per heavy atom. The van der Waals surface area contributed by atoms with Crippen LogP contribution in [0.2, 0.25) is 0 Å². The van der Waals surface area contributed by atoms with E-state index in [1.807, 2.05) is 4.90 Å². The van der Waals surface area contributed by atoms with Gasteiger partial charge in [0.1, 0.15) is 5.69 Å². The van der Waals surface area contributed by atoms with Crippen molar-refractivity contribution in [2.24, 2.45) is 11.8 Å². The van der Waals surface area contributed by atoms with Crippen LogP contribution in [0.1, 0.15) is 49.9 Å². The third-order valence-corrected chi connectivity index (χ3v) is 5.95. The average molecular weight is 403 g/mol. The maximum atomic E-state index is 12.9. The summed E-state index contributed by atoms with van der Waals surface area (Å²) >= 11 is 0. The molecule has 2 fully saturated rings. The Bertz CT molecular complexity index is 766. The normalized spacial score (nSPS) is 18.6. The van der Waals surface area contributed by atoms with Crippen LogP contribution < -0.4 is 4.90 Å². The van der Waals surface area contributed by atoms with Crippen LogP contribution >= 0.6 is 0 Å². The zero-order valence-electron chi connectivity index (χ0n) is 17.1. The molecule has 29 heavy (non-hydrogen) atoms. The Labute approximate surface area is 171 Å². The molecule has 0 atom stereocenters. The lowest BCUT2D eigenvalue weighted by Crippen LogP contribution is -2.40. The lowest BCUT2D eigenvalue weighted by Gasteiger charge is -2.32. The predicted octanol–water partition coefficient (Wildman–Crippen LogP) is 3.25. The molecule has 8 heteroatoms. The lowest BCUT2D eigenvalue weighted by molar-refractivity contribution is -0.384. The van der Waals surface area contributed by atoms with Gasteiger partial charge in [0.2, 0.25) is 0 Å². The van der Waals surface area contributed by atoms with E-state index in [2.05, 4.69) is 6.92 Å². The minimum absolute atomic E-state index is 0.0215. The minimum atomic E-state index is -0.406. The molecule has 1 aromatic carbocycles. The highest BCUT2D eigenvalue weighted by Crippen LogP contribution is 2.33. The molecule has 0 aliphatic carbocycles. The van der Waals surface area contributed by atoms with E-state index in [0.717, 1.165) is 25.9 Å². The standard InChI is InChI=1S/C21H29N3O5/c1-3-29-21(26)16-8-12-23(13-9-16)20(25)17-4-5-18(19(14-17)24(27)28)22-10-6-15(2)7-11-22/h4-5,14-16H,3,6-13H2,1-2H3. The zero-order valence-corrected chi connectivity index (χ0v) is 17.1. The van der Waals surface area contributed by atoms with E-state index in [1.54, 1.807) is 24.0 Å². The average Bonchev–Trinajstić information content (AvgIpc) is 2.73. The molecule has 158 valence electrons. The fraction of sp³-hybridized carbons (Fsp3) is 0.619. The second kappa shape index (κ2) is 9.24. The summed E-state index contributed by atoms with van der Waals surface area (Å²) in [6, 6.07) is 4.78. The van der Waals surface area contributed by atoms with Crippen molar-refractivity contribution in [2.45, 2.75) is 39.5 Å². The van der Waals surface area contributed by atoms with Crippen LogP contribution in [0.5, 0.6) is 0 Å². The molecule has 2 aliphatic heterocycles. The highest BCUT2D eigenvalue weighted by Gasteiger charge is 2.30. The van der Waals surface area contributed by atoms with Crippen molar-refractivity contribution < 1.29 is 19.2 Å². The summed E-state index contributed by atoms with van der Waals surface area (Å²) in [6.07, 6.45) is 3.12. The highest BCUT2D eigenvalue weighted by atomic mass is 16.6. The molecule has 0 aromatic heterocycles. The quantitative estimate of drug-likeness (QED) is 0.426. The summed E-state index contributed by atoms with van der Waals surface area (Å²) in [5.41, 5.74) is 0.881. The van der Waals surface area contributed by atoms with Crippen molar-refractivity contribution in [1.29, 1.82) is 0 Å². The van der Waals surface area contributed by atoms with Gasteiger partial charge in [-0.15, -0.1) is 0 Å². The molecule has 2 saturated heterocycles. The highest BCUT2D eigenvalue weighted by molar-refractivity contribution is 5.96. The van der Waals surface area contributed by atoms with Crippen LogP contribution in [0.3, 0.4) is 0 Å². The molecular formula is C21H29N3O5. The third-order valence-electron chi connectivity index (χ3n) is 5.95.